The van der Waals surface area contributed by atoms with E-state index < -0.39 is 0 Å². The minimum Gasteiger partial charge on any atom is -0.343 e. The Bertz CT molecular complexity index is 547. The van der Waals surface area contributed by atoms with Crippen LogP contribution >= 0.6 is 11.3 Å². The zero-order chi connectivity index (χ0) is 14.5. The summed E-state index contributed by atoms with van der Waals surface area (Å²) in [7, 11) is 0. The second-order valence-corrected chi connectivity index (χ2v) is 5.98. The van der Waals surface area contributed by atoms with E-state index in [-0.39, 0.29) is 11.9 Å². The van der Waals surface area contributed by atoms with Gasteiger partial charge in [0.2, 0.25) is 0 Å². The molecule has 6 heteroatoms. The van der Waals surface area contributed by atoms with Crippen LogP contribution in [0.3, 0.4) is 0 Å². The number of nitrogens with two attached hydrogens (primary N) is 1. The minimum absolute atomic E-state index is 0.0159. The van der Waals surface area contributed by atoms with Crippen LogP contribution in [-0.4, -0.2) is 22.0 Å². The molecule has 0 aliphatic rings. The molecule has 5 nitrogen and oxygen atoms in total. The number of imidazole rings is 1. The lowest BCUT2D eigenvalue weighted by Gasteiger charge is -2.20. The molecule has 2 rings (SSSR count). The van der Waals surface area contributed by atoms with E-state index in [1.807, 2.05) is 22.1 Å². The van der Waals surface area contributed by atoms with Crippen molar-refractivity contribution in [3.63, 3.8) is 0 Å². The molecule has 1 unspecified atom stereocenters. The Kier molecular flexibility index (Phi) is 4.92. The quantitative estimate of drug-likeness (QED) is 0.855. The third-order valence-corrected chi connectivity index (χ3v) is 4.01. The molecule has 0 aliphatic carbocycles. The molecule has 0 aromatic carbocycles. The molecule has 108 valence electrons. The van der Waals surface area contributed by atoms with Gasteiger partial charge in [0.25, 0.3) is 5.91 Å². The van der Waals surface area contributed by atoms with Crippen LogP contribution in [0.25, 0.3) is 0 Å². The number of amides is 1. The van der Waals surface area contributed by atoms with Crippen molar-refractivity contribution >= 4 is 17.2 Å². The largest absolute Gasteiger partial charge is 0.343 e. The van der Waals surface area contributed by atoms with Crippen LogP contribution in [0.4, 0.5) is 0 Å². The van der Waals surface area contributed by atoms with Crippen molar-refractivity contribution in [1.82, 2.24) is 14.9 Å². The van der Waals surface area contributed by atoms with E-state index in [0.717, 1.165) is 4.88 Å². The standard InChI is InChI=1S/C14H20N4OS/c1-10(2)13(12-4-3-7-20-12)17-14(19)11-8-18(6-5-15)9-16-11/h3-4,7-10,13H,5-6,15H2,1-2H3,(H,17,19). The average molecular weight is 292 g/mol. The van der Waals surface area contributed by atoms with Crippen LogP contribution in [0.5, 0.6) is 0 Å². The fourth-order valence-electron chi connectivity index (χ4n) is 2.00. The number of thiophene rings is 1. The summed E-state index contributed by atoms with van der Waals surface area (Å²) in [6.45, 7) is 5.38. The van der Waals surface area contributed by atoms with Gasteiger partial charge in [-0.25, -0.2) is 4.98 Å². The van der Waals surface area contributed by atoms with Crippen molar-refractivity contribution in [2.75, 3.05) is 6.54 Å². The van der Waals surface area contributed by atoms with Gasteiger partial charge in [0.05, 0.1) is 12.4 Å². The molecular formula is C14H20N4OS. The van der Waals surface area contributed by atoms with E-state index in [2.05, 4.69) is 24.1 Å². The average Bonchev–Trinajstić information content (AvgIpc) is 3.06. The molecule has 0 aliphatic heterocycles. The first-order valence-electron chi connectivity index (χ1n) is 6.68. The number of hydrogen-bond donors (Lipinski definition) is 2. The first-order valence-corrected chi connectivity index (χ1v) is 7.56. The minimum atomic E-state index is -0.145. The highest BCUT2D eigenvalue weighted by Gasteiger charge is 2.21. The third kappa shape index (κ3) is 3.46. The highest BCUT2D eigenvalue weighted by molar-refractivity contribution is 7.10. The van der Waals surface area contributed by atoms with Crippen LogP contribution in [0.1, 0.15) is 35.3 Å². The maximum Gasteiger partial charge on any atom is 0.271 e. The van der Waals surface area contributed by atoms with E-state index in [9.17, 15) is 4.79 Å². The van der Waals surface area contributed by atoms with Crippen LogP contribution in [0.2, 0.25) is 0 Å². The van der Waals surface area contributed by atoms with Crippen molar-refractivity contribution in [2.24, 2.45) is 11.7 Å². The molecule has 2 aromatic rings. The van der Waals surface area contributed by atoms with Gasteiger partial charge in [0.1, 0.15) is 5.69 Å². The van der Waals surface area contributed by atoms with Gasteiger partial charge in [-0.15, -0.1) is 11.3 Å². The molecule has 2 heterocycles. The lowest BCUT2D eigenvalue weighted by molar-refractivity contribution is 0.0922. The smallest absolute Gasteiger partial charge is 0.271 e. The summed E-state index contributed by atoms with van der Waals surface area (Å²) in [5, 5.41) is 5.08. The number of rotatable bonds is 6. The summed E-state index contributed by atoms with van der Waals surface area (Å²) in [4.78, 5) is 17.5. The van der Waals surface area contributed by atoms with Crippen molar-refractivity contribution in [2.45, 2.75) is 26.4 Å². The van der Waals surface area contributed by atoms with Gasteiger partial charge in [-0.3, -0.25) is 4.79 Å². The van der Waals surface area contributed by atoms with Crippen LogP contribution < -0.4 is 11.1 Å². The van der Waals surface area contributed by atoms with Gasteiger partial charge in [0, 0.05) is 24.2 Å². The Hall–Kier alpha value is -1.66. The Morgan fingerprint density at radius 3 is 2.95 bits per heavy atom. The van der Waals surface area contributed by atoms with Crippen LogP contribution in [0, 0.1) is 5.92 Å². The maximum atomic E-state index is 12.3. The maximum absolute atomic E-state index is 12.3. The predicted molar refractivity (Wildman–Crippen MR) is 80.6 cm³/mol. The number of hydrogen-bond acceptors (Lipinski definition) is 4. The molecule has 0 spiro atoms. The van der Waals surface area contributed by atoms with E-state index in [4.69, 9.17) is 5.73 Å². The summed E-state index contributed by atoms with van der Waals surface area (Å²) in [6, 6.07) is 4.06. The second kappa shape index (κ2) is 6.67. The summed E-state index contributed by atoms with van der Waals surface area (Å²) in [6.07, 6.45) is 3.37. The number of nitrogens with zero attached hydrogens (tertiary/aromatic N) is 2. The molecule has 0 saturated carbocycles. The molecule has 20 heavy (non-hydrogen) atoms. The second-order valence-electron chi connectivity index (χ2n) is 5.00. The van der Waals surface area contributed by atoms with E-state index in [0.29, 0.717) is 24.7 Å². The van der Waals surface area contributed by atoms with Gasteiger partial charge in [0.15, 0.2) is 0 Å². The summed E-state index contributed by atoms with van der Waals surface area (Å²) in [5.74, 6) is 0.177. The molecule has 0 radical (unpaired) electrons. The third-order valence-electron chi connectivity index (χ3n) is 3.06. The number of carbonyl (C=O) groups excluding carboxylic acids is 1. The molecule has 2 aromatic heterocycles. The summed E-state index contributed by atoms with van der Waals surface area (Å²) < 4.78 is 1.82. The predicted octanol–water partition coefficient (Wildman–Crippen LogP) is 2.03. The number of carbonyl (C=O) groups is 1. The number of nitrogens with one attached hydrogen (secondary N) is 1. The molecule has 1 amide bonds. The Morgan fingerprint density at radius 2 is 2.35 bits per heavy atom. The topological polar surface area (TPSA) is 72.9 Å². The summed E-state index contributed by atoms with van der Waals surface area (Å²) >= 11 is 1.65. The van der Waals surface area contributed by atoms with Crippen LogP contribution in [-0.2, 0) is 6.54 Å². The zero-order valence-corrected chi connectivity index (χ0v) is 12.6. The Morgan fingerprint density at radius 1 is 1.55 bits per heavy atom. The molecule has 3 N–H and O–H groups in total. The fourth-order valence-corrected chi connectivity index (χ4v) is 2.95. The normalized spacial score (nSPS) is 12.6. The number of aromatic nitrogens is 2. The molecular weight excluding hydrogens is 272 g/mol. The zero-order valence-electron chi connectivity index (χ0n) is 11.7. The van der Waals surface area contributed by atoms with Gasteiger partial charge in [-0.2, -0.15) is 0 Å². The molecule has 0 bridgehead atoms. The first kappa shape index (κ1) is 14.7. The van der Waals surface area contributed by atoms with Gasteiger partial charge in [-0.05, 0) is 17.4 Å². The Labute approximate surface area is 122 Å². The fraction of sp³-hybridized carbons (Fsp3) is 0.429. The monoisotopic (exact) mass is 292 g/mol. The lowest BCUT2D eigenvalue weighted by Crippen LogP contribution is -2.31. The van der Waals surface area contributed by atoms with E-state index in [1.165, 1.54) is 0 Å². The van der Waals surface area contributed by atoms with Gasteiger partial charge in [-0.1, -0.05) is 19.9 Å². The molecule has 0 fully saturated rings. The van der Waals surface area contributed by atoms with Gasteiger partial charge >= 0.3 is 0 Å². The molecule has 1 atom stereocenters. The molecule has 0 saturated heterocycles. The first-order chi connectivity index (χ1) is 9.61. The van der Waals surface area contributed by atoms with Crippen molar-refractivity contribution in [1.29, 1.82) is 0 Å². The highest BCUT2D eigenvalue weighted by atomic mass is 32.1. The Balaban J connectivity index is 2.08. The van der Waals surface area contributed by atoms with Crippen molar-refractivity contribution in [3.05, 3.63) is 40.6 Å². The summed E-state index contributed by atoms with van der Waals surface area (Å²) in [5.41, 5.74) is 5.91. The SMILES string of the molecule is CC(C)C(NC(=O)c1cn(CCN)cn1)c1cccs1. The van der Waals surface area contributed by atoms with Crippen molar-refractivity contribution < 1.29 is 4.79 Å². The van der Waals surface area contributed by atoms with Gasteiger partial charge < -0.3 is 15.6 Å². The van der Waals surface area contributed by atoms with Crippen molar-refractivity contribution in [3.8, 4) is 0 Å². The van der Waals surface area contributed by atoms with E-state index >= 15 is 0 Å². The van der Waals surface area contributed by atoms with E-state index in [1.54, 1.807) is 23.9 Å². The highest BCUT2D eigenvalue weighted by Crippen LogP contribution is 2.25. The lowest BCUT2D eigenvalue weighted by atomic mass is 10.0. The van der Waals surface area contributed by atoms with Crippen LogP contribution in [0.15, 0.2) is 30.0 Å².